The van der Waals surface area contributed by atoms with Crippen molar-refractivity contribution in [2.45, 2.75) is 27.2 Å². The Morgan fingerprint density at radius 3 is 2.89 bits per heavy atom. The second-order valence-corrected chi connectivity index (χ2v) is 6.11. The Hall–Kier alpha value is -1.69. The maximum Gasteiger partial charge on any atom is 0.311 e. The zero-order valence-corrected chi connectivity index (χ0v) is 12.0. The van der Waals surface area contributed by atoms with Crippen LogP contribution in [-0.4, -0.2) is 27.6 Å². The molecule has 0 aliphatic carbocycles. The van der Waals surface area contributed by atoms with E-state index in [0.29, 0.717) is 18.8 Å². The van der Waals surface area contributed by atoms with Crippen LogP contribution in [0.15, 0.2) is 12.4 Å². The van der Waals surface area contributed by atoms with Crippen molar-refractivity contribution in [1.82, 2.24) is 9.97 Å². The number of aromatic nitrogens is 2. The third-order valence-electron chi connectivity index (χ3n) is 3.40. The number of aliphatic carboxylic acids is 1. The Morgan fingerprint density at radius 1 is 1.53 bits per heavy atom. The molecule has 2 aromatic heterocycles. The third kappa shape index (κ3) is 2.68. The summed E-state index contributed by atoms with van der Waals surface area (Å²) in [4.78, 5) is 21.8. The Kier molecular flexibility index (Phi) is 3.71. The van der Waals surface area contributed by atoms with E-state index in [9.17, 15) is 9.90 Å². The summed E-state index contributed by atoms with van der Waals surface area (Å²) in [5.74, 6) is -0.0930. The first-order valence-corrected chi connectivity index (χ1v) is 6.96. The average Bonchev–Trinajstić information content (AvgIpc) is 2.76. The topological polar surface area (TPSA) is 75.1 Å². The number of thiophene rings is 1. The van der Waals surface area contributed by atoms with Gasteiger partial charge in [0.1, 0.15) is 17.0 Å². The number of hydrogen-bond acceptors (Lipinski definition) is 5. The standard InChI is InChI=1S/C13H17N3O2S/c1-4-13(3,12(17)18)6-14-10-9-5-8(2)19-11(9)16-7-15-10/h5,7H,4,6H2,1-3H3,(H,17,18)(H,14,15,16). The first-order valence-electron chi connectivity index (χ1n) is 6.14. The van der Waals surface area contributed by atoms with Gasteiger partial charge in [-0.25, -0.2) is 9.97 Å². The first-order chi connectivity index (χ1) is 8.96. The lowest BCUT2D eigenvalue weighted by molar-refractivity contribution is -0.147. The number of nitrogens with zero attached hydrogens (tertiary/aromatic N) is 2. The molecule has 19 heavy (non-hydrogen) atoms. The molecule has 0 amide bonds. The summed E-state index contributed by atoms with van der Waals surface area (Å²) < 4.78 is 0. The van der Waals surface area contributed by atoms with Gasteiger partial charge >= 0.3 is 5.97 Å². The Labute approximate surface area is 115 Å². The zero-order valence-electron chi connectivity index (χ0n) is 11.2. The van der Waals surface area contributed by atoms with Crippen LogP contribution in [0.25, 0.3) is 10.2 Å². The molecule has 2 aromatic rings. The number of aryl methyl sites for hydroxylation is 1. The van der Waals surface area contributed by atoms with Crippen molar-refractivity contribution in [1.29, 1.82) is 0 Å². The van der Waals surface area contributed by atoms with Crippen LogP contribution in [0, 0.1) is 12.3 Å². The normalized spacial score (nSPS) is 14.3. The van der Waals surface area contributed by atoms with E-state index >= 15 is 0 Å². The van der Waals surface area contributed by atoms with Crippen LogP contribution in [0.3, 0.4) is 0 Å². The minimum Gasteiger partial charge on any atom is -0.481 e. The van der Waals surface area contributed by atoms with E-state index in [2.05, 4.69) is 15.3 Å². The van der Waals surface area contributed by atoms with E-state index in [1.807, 2.05) is 19.9 Å². The molecule has 5 nitrogen and oxygen atoms in total. The molecule has 2 N–H and O–H groups in total. The highest BCUT2D eigenvalue weighted by atomic mass is 32.1. The molecule has 6 heteroatoms. The van der Waals surface area contributed by atoms with Crippen molar-refractivity contribution in [3.63, 3.8) is 0 Å². The van der Waals surface area contributed by atoms with Crippen molar-refractivity contribution < 1.29 is 9.90 Å². The third-order valence-corrected chi connectivity index (χ3v) is 4.35. The second kappa shape index (κ2) is 5.13. The van der Waals surface area contributed by atoms with Gasteiger partial charge in [0.2, 0.25) is 0 Å². The van der Waals surface area contributed by atoms with Crippen LogP contribution in [0.1, 0.15) is 25.1 Å². The Bertz CT molecular complexity index is 611. The van der Waals surface area contributed by atoms with Crippen molar-refractivity contribution in [2.75, 3.05) is 11.9 Å². The van der Waals surface area contributed by atoms with Gasteiger partial charge in [0.15, 0.2) is 0 Å². The molecule has 102 valence electrons. The molecule has 0 aromatic carbocycles. The molecule has 0 aliphatic rings. The monoisotopic (exact) mass is 279 g/mol. The van der Waals surface area contributed by atoms with Gasteiger partial charge in [-0.05, 0) is 26.3 Å². The van der Waals surface area contributed by atoms with Crippen molar-refractivity contribution in [3.05, 3.63) is 17.3 Å². The number of carbonyl (C=O) groups is 1. The molecule has 0 fully saturated rings. The van der Waals surface area contributed by atoms with Gasteiger partial charge in [-0.15, -0.1) is 11.3 Å². The molecule has 0 aliphatic heterocycles. The highest BCUT2D eigenvalue weighted by molar-refractivity contribution is 7.18. The highest BCUT2D eigenvalue weighted by Crippen LogP contribution is 2.29. The Balaban J connectivity index is 2.24. The van der Waals surface area contributed by atoms with Gasteiger partial charge < -0.3 is 10.4 Å². The fourth-order valence-corrected chi connectivity index (χ4v) is 2.59. The van der Waals surface area contributed by atoms with E-state index in [-0.39, 0.29) is 0 Å². The summed E-state index contributed by atoms with van der Waals surface area (Å²) in [6, 6.07) is 2.02. The van der Waals surface area contributed by atoms with Crippen LogP contribution < -0.4 is 5.32 Å². The minimum absolute atomic E-state index is 0.347. The van der Waals surface area contributed by atoms with Crippen LogP contribution in [0.2, 0.25) is 0 Å². The average molecular weight is 279 g/mol. The van der Waals surface area contributed by atoms with E-state index in [1.165, 1.54) is 6.33 Å². The maximum absolute atomic E-state index is 11.3. The summed E-state index contributed by atoms with van der Waals surface area (Å²) in [5.41, 5.74) is -0.789. The smallest absolute Gasteiger partial charge is 0.311 e. The first kappa shape index (κ1) is 13.7. The highest BCUT2D eigenvalue weighted by Gasteiger charge is 2.31. The quantitative estimate of drug-likeness (QED) is 0.880. The SMILES string of the molecule is CCC(C)(CNc1ncnc2sc(C)cc12)C(=O)O. The summed E-state index contributed by atoms with van der Waals surface area (Å²) >= 11 is 1.60. The molecule has 0 saturated heterocycles. The predicted octanol–water partition coefficient (Wildman–Crippen LogP) is 2.91. The number of carboxylic acids is 1. The van der Waals surface area contributed by atoms with Gasteiger partial charge in [-0.2, -0.15) is 0 Å². The Morgan fingerprint density at radius 2 is 2.26 bits per heavy atom. The van der Waals surface area contributed by atoms with Crippen LogP contribution in [-0.2, 0) is 4.79 Å². The largest absolute Gasteiger partial charge is 0.481 e. The van der Waals surface area contributed by atoms with E-state index in [0.717, 1.165) is 15.1 Å². The van der Waals surface area contributed by atoms with E-state index < -0.39 is 11.4 Å². The van der Waals surface area contributed by atoms with E-state index in [1.54, 1.807) is 18.3 Å². The van der Waals surface area contributed by atoms with Crippen LogP contribution >= 0.6 is 11.3 Å². The van der Waals surface area contributed by atoms with Crippen molar-refractivity contribution in [2.24, 2.45) is 5.41 Å². The van der Waals surface area contributed by atoms with Crippen molar-refractivity contribution in [3.8, 4) is 0 Å². The molecule has 2 heterocycles. The molecular formula is C13H17N3O2S. The number of hydrogen-bond donors (Lipinski definition) is 2. The minimum atomic E-state index is -0.797. The molecule has 0 radical (unpaired) electrons. The van der Waals surface area contributed by atoms with Crippen molar-refractivity contribution >= 4 is 33.3 Å². The predicted molar refractivity (Wildman–Crippen MR) is 76.7 cm³/mol. The fraction of sp³-hybridized carbons (Fsp3) is 0.462. The number of fused-ring (bicyclic) bond motifs is 1. The van der Waals surface area contributed by atoms with Gasteiger partial charge in [0.05, 0.1) is 10.8 Å². The molecule has 2 rings (SSSR count). The lowest BCUT2D eigenvalue weighted by Crippen LogP contribution is -2.34. The van der Waals surface area contributed by atoms with Gasteiger partial charge in [0.25, 0.3) is 0 Å². The second-order valence-electron chi connectivity index (χ2n) is 4.87. The molecule has 0 spiro atoms. The molecular weight excluding hydrogens is 262 g/mol. The number of anilines is 1. The lowest BCUT2D eigenvalue weighted by Gasteiger charge is -2.23. The van der Waals surface area contributed by atoms with Crippen LogP contribution in [0.4, 0.5) is 5.82 Å². The molecule has 1 atom stereocenters. The number of rotatable bonds is 5. The summed E-state index contributed by atoms with van der Waals surface area (Å²) in [5, 5.41) is 13.4. The fourth-order valence-electron chi connectivity index (χ4n) is 1.75. The molecule has 0 bridgehead atoms. The van der Waals surface area contributed by atoms with Gasteiger partial charge in [-0.3, -0.25) is 4.79 Å². The molecule has 0 saturated carbocycles. The lowest BCUT2D eigenvalue weighted by atomic mass is 9.88. The zero-order chi connectivity index (χ0) is 14.0. The molecule has 1 unspecified atom stereocenters. The number of carboxylic acid groups (broad SMARTS) is 1. The summed E-state index contributed by atoms with van der Waals surface area (Å²) in [6.45, 7) is 5.98. The van der Waals surface area contributed by atoms with Gasteiger partial charge in [0, 0.05) is 11.4 Å². The number of nitrogens with one attached hydrogen (secondary N) is 1. The summed E-state index contributed by atoms with van der Waals surface area (Å²) in [6.07, 6.45) is 2.07. The summed E-state index contributed by atoms with van der Waals surface area (Å²) in [7, 11) is 0. The van der Waals surface area contributed by atoms with Crippen LogP contribution in [0.5, 0.6) is 0 Å². The maximum atomic E-state index is 11.3. The van der Waals surface area contributed by atoms with E-state index in [4.69, 9.17) is 0 Å². The van der Waals surface area contributed by atoms with Gasteiger partial charge in [-0.1, -0.05) is 6.92 Å².